The molecule has 1 aromatic carbocycles. The van der Waals surface area contributed by atoms with Crippen molar-refractivity contribution in [2.24, 2.45) is 0 Å². The number of aromatic nitrogens is 2. The third kappa shape index (κ3) is 2.49. The van der Waals surface area contributed by atoms with E-state index in [0.29, 0.717) is 0 Å². The normalized spacial score (nSPS) is 13.0. The van der Waals surface area contributed by atoms with E-state index in [0.717, 1.165) is 21.3 Å². The summed E-state index contributed by atoms with van der Waals surface area (Å²) < 4.78 is 2.77. The Bertz CT molecular complexity index is 548. The number of aryl methyl sites for hydroxylation is 1. The van der Waals surface area contributed by atoms with Crippen LogP contribution in [0.4, 0.5) is 0 Å². The molecule has 0 saturated carbocycles. The molecule has 1 unspecified atom stereocenters. The third-order valence-electron chi connectivity index (χ3n) is 2.92. The van der Waals surface area contributed by atoms with Gasteiger partial charge in [-0.15, -0.1) is 0 Å². The van der Waals surface area contributed by atoms with Crippen LogP contribution in [0.15, 0.2) is 34.9 Å². The summed E-state index contributed by atoms with van der Waals surface area (Å²) in [5.74, 6) is 0. The highest BCUT2D eigenvalue weighted by molar-refractivity contribution is 9.10. The summed E-state index contributed by atoms with van der Waals surface area (Å²) in [5.41, 5.74) is 2.84. The molecule has 0 fully saturated rings. The first-order valence-corrected chi connectivity index (χ1v) is 6.77. The molecule has 18 heavy (non-hydrogen) atoms. The van der Waals surface area contributed by atoms with E-state index in [4.69, 9.17) is 0 Å². The number of halogens is 1. The molecule has 0 aliphatic carbocycles. The SMILES string of the molecule is Cc1ccc(C(O)c2ccnn2C(C)C)c(Br)c1. The van der Waals surface area contributed by atoms with E-state index in [1.807, 2.05) is 49.7 Å². The van der Waals surface area contributed by atoms with Gasteiger partial charge in [0.2, 0.25) is 0 Å². The quantitative estimate of drug-likeness (QED) is 0.940. The van der Waals surface area contributed by atoms with Crippen LogP contribution in [0.1, 0.15) is 42.8 Å². The smallest absolute Gasteiger partial charge is 0.122 e. The Morgan fingerprint density at radius 1 is 1.28 bits per heavy atom. The van der Waals surface area contributed by atoms with Crippen molar-refractivity contribution in [3.05, 3.63) is 51.8 Å². The van der Waals surface area contributed by atoms with Gasteiger partial charge in [-0.2, -0.15) is 5.10 Å². The number of aliphatic hydroxyl groups excluding tert-OH is 1. The van der Waals surface area contributed by atoms with E-state index in [1.165, 1.54) is 0 Å². The minimum absolute atomic E-state index is 0.230. The highest BCUT2D eigenvalue weighted by atomic mass is 79.9. The Labute approximate surface area is 116 Å². The van der Waals surface area contributed by atoms with Crippen molar-refractivity contribution in [3.63, 3.8) is 0 Å². The van der Waals surface area contributed by atoms with Gasteiger partial charge in [-0.3, -0.25) is 4.68 Å². The van der Waals surface area contributed by atoms with Crippen LogP contribution in [-0.4, -0.2) is 14.9 Å². The van der Waals surface area contributed by atoms with Crippen LogP contribution >= 0.6 is 15.9 Å². The van der Waals surface area contributed by atoms with E-state index in [1.54, 1.807) is 6.20 Å². The van der Waals surface area contributed by atoms with Gasteiger partial charge in [-0.1, -0.05) is 28.1 Å². The number of nitrogens with zero attached hydrogens (tertiary/aromatic N) is 2. The summed E-state index contributed by atoms with van der Waals surface area (Å²) in [5, 5.41) is 14.7. The van der Waals surface area contributed by atoms with Gasteiger partial charge < -0.3 is 5.11 Å². The molecule has 4 heteroatoms. The van der Waals surface area contributed by atoms with E-state index < -0.39 is 6.10 Å². The Hall–Kier alpha value is -1.13. The highest BCUT2D eigenvalue weighted by Crippen LogP contribution is 2.30. The molecule has 2 rings (SSSR count). The Morgan fingerprint density at radius 3 is 2.61 bits per heavy atom. The first kappa shape index (κ1) is 13.3. The van der Waals surface area contributed by atoms with Crippen molar-refractivity contribution in [2.75, 3.05) is 0 Å². The van der Waals surface area contributed by atoms with E-state index in [9.17, 15) is 5.11 Å². The predicted molar refractivity (Wildman–Crippen MR) is 75.6 cm³/mol. The average molecular weight is 309 g/mol. The maximum atomic E-state index is 10.5. The first-order valence-electron chi connectivity index (χ1n) is 5.98. The lowest BCUT2D eigenvalue weighted by Gasteiger charge is -2.17. The fraction of sp³-hybridized carbons (Fsp3) is 0.357. The van der Waals surface area contributed by atoms with Crippen molar-refractivity contribution in [2.45, 2.75) is 32.9 Å². The van der Waals surface area contributed by atoms with Gasteiger partial charge in [-0.05, 0) is 38.5 Å². The zero-order valence-corrected chi connectivity index (χ0v) is 12.3. The van der Waals surface area contributed by atoms with Crippen LogP contribution in [0, 0.1) is 6.92 Å². The molecule has 1 atom stereocenters. The molecule has 1 N–H and O–H groups in total. The summed E-state index contributed by atoms with van der Waals surface area (Å²) in [6.07, 6.45) is 1.06. The Balaban J connectivity index is 2.41. The number of aliphatic hydroxyl groups is 1. The van der Waals surface area contributed by atoms with Crippen LogP contribution in [0.2, 0.25) is 0 Å². The van der Waals surface area contributed by atoms with E-state index >= 15 is 0 Å². The minimum atomic E-state index is -0.662. The lowest BCUT2D eigenvalue weighted by atomic mass is 10.0. The van der Waals surface area contributed by atoms with Gasteiger partial charge in [0.1, 0.15) is 6.10 Å². The first-order chi connectivity index (χ1) is 8.50. The molecule has 0 saturated heterocycles. The molecule has 1 heterocycles. The molecule has 2 aromatic rings. The highest BCUT2D eigenvalue weighted by Gasteiger charge is 2.18. The van der Waals surface area contributed by atoms with Gasteiger partial charge >= 0.3 is 0 Å². The van der Waals surface area contributed by atoms with Crippen molar-refractivity contribution in [3.8, 4) is 0 Å². The molecule has 96 valence electrons. The molecule has 0 amide bonds. The summed E-state index contributed by atoms with van der Waals surface area (Å²) in [6.45, 7) is 6.13. The van der Waals surface area contributed by atoms with Gasteiger partial charge in [0.25, 0.3) is 0 Å². The van der Waals surface area contributed by atoms with E-state index in [-0.39, 0.29) is 6.04 Å². The van der Waals surface area contributed by atoms with Gasteiger partial charge in [-0.25, -0.2) is 0 Å². The Kier molecular flexibility index (Phi) is 3.88. The predicted octanol–water partition coefficient (Wildman–Crippen LogP) is 3.62. The lowest BCUT2D eigenvalue weighted by Crippen LogP contribution is -2.12. The number of hydrogen-bond acceptors (Lipinski definition) is 2. The van der Waals surface area contributed by atoms with Crippen LogP contribution in [0.25, 0.3) is 0 Å². The van der Waals surface area contributed by atoms with Crippen molar-refractivity contribution >= 4 is 15.9 Å². The summed E-state index contributed by atoms with van der Waals surface area (Å²) >= 11 is 3.51. The maximum absolute atomic E-state index is 10.5. The maximum Gasteiger partial charge on any atom is 0.122 e. The Morgan fingerprint density at radius 2 is 2.00 bits per heavy atom. The molecule has 0 radical (unpaired) electrons. The standard InChI is InChI=1S/C14H17BrN2O/c1-9(2)17-13(6-7-16-17)14(18)11-5-4-10(3)8-12(11)15/h4-9,14,18H,1-3H3. The largest absolute Gasteiger partial charge is 0.382 e. The molecular weight excluding hydrogens is 292 g/mol. The topological polar surface area (TPSA) is 38.1 Å². The van der Waals surface area contributed by atoms with Crippen LogP contribution in [0.3, 0.4) is 0 Å². The van der Waals surface area contributed by atoms with Crippen molar-refractivity contribution in [1.29, 1.82) is 0 Å². The minimum Gasteiger partial charge on any atom is -0.382 e. The monoisotopic (exact) mass is 308 g/mol. The van der Waals surface area contributed by atoms with Crippen LogP contribution in [-0.2, 0) is 0 Å². The number of rotatable bonds is 3. The zero-order chi connectivity index (χ0) is 13.3. The van der Waals surface area contributed by atoms with Crippen LogP contribution < -0.4 is 0 Å². The van der Waals surface area contributed by atoms with Crippen molar-refractivity contribution in [1.82, 2.24) is 9.78 Å². The van der Waals surface area contributed by atoms with Gasteiger partial charge in [0.05, 0.1) is 5.69 Å². The molecule has 0 aliphatic heterocycles. The number of benzene rings is 1. The molecular formula is C14H17BrN2O. The van der Waals surface area contributed by atoms with E-state index in [2.05, 4.69) is 21.0 Å². The third-order valence-corrected chi connectivity index (χ3v) is 3.61. The average Bonchev–Trinajstić information content (AvgIpc) is 2.77. The lowest BCUT2D eigenvalue weighted by molar-refractivity contribution is 0.204. The molecule has 3 nitrogen and oxygen atoms in total. The van der Waals surface area contributed by atoms with Crippen molar-refractivity contribution < 1.29 is 5.11 Å². The van der Waals surface area contributed by atoms with Gasteiger partial charge in [0, 0.05) is 22.3 Å². The molecule has 0 aliphatic rings. The van der Waals surface area contributed by atoms with Crippen LogP contribution in [0.5, 0.6) is 0 Å². The second-order valence-corrected chi connectivity index (χ2v) is 5.58. The zero-order valence-electron chi connectivity index (χ0n) is 10.8. The fourth-order valence-corrected chi connectivity index (χ4v) is 2.70. The van der Waals surface area contributed by atoms with Gasteiger partial charge in [0.15, 0.2) is 0 Å². The summed E-state index contributed by atoms with van der Waals surface area (Å²) in [7, 11) is 0. The summed E-state index contributed by atoms with van der Waals surface area (Å²) in [6, 6.07) is 8.04. The second kappa shape index (κ2) is 5.24. The molecule has 1 aromatic heterocycles. The molecule has 0 bridgehead atoms. The second-order valence-electron chi connectivity index (χ2n) is 4.72. The molecule has 0 spiro atoms. The fourth-order valence-electron chi connectivity index (χ4n) is 1.99. The summed E-state index contributed by atoms with van der Waals surface area (Å²) in [4.78, 5) is 0. The number of hydrogen-bond donors (Lipinski definition) is 1.